The Morgan fingerprint density at radius 1 is 1.50 bits per heavy atom. The highest BCUT2D eigenvalue weighted by molar-refractivity contribution is 9.10. The Hall–Kier alpha value is -0.920. The molecule has 1 saturated carbocycles. The Balaban J connectivity index is 2.49. The smallest absolute Gasteiger partial charge is 0.211 e. The van der Waals surface area contributed by atoms with Gasteiger partial charge in [-0.3, -0.25) is 0 Å². The number of aliphatic imine (C=N–C) groups is 1. The fraction of sp³-hybridized carbons (Fsp3) is 0.462. The van der Waals surface area contributed by atoms with E-state index in [1.165, 1.54) is 11.1 Å². The third-order valence-electron chi connectivity index (χ3n) is 3.39. The van der Waals surface area contributed by atoms with Crippen molar-refractivity contribution >= 4 is 22.0 Å². The van der Waals surface area contributed by atoms with E-state index in [9.17, 15) is 4.79 Å². The maximum absolute atomic E-state index is 10.6. The lowest BCUT2D eigenvalue weighted by Gasteiger charge is -2.38. The molecule has 1 aromatic rings. The first-order chi connectivity index (χ1) is 7.72. The summed E-state index contributed by atoms with van der Waals surface area (Å²) in [4.78, 5) is 14.6. The summed E-state index contributed by atoms with van der Waals surface area (Å²) in [5.41, 5.74) is 2.20. The highest BCUT2D eigenvalue weighted by Gasteiger charge is 2.40. The number of aryl methyl sites for hydroxylation is 1. The Morgan fingerprint density at radius 3 is 2.75 bits per heavy atom. The molecule has 1 aromatic carbocycles. The number of halogens is 1. The molecule has 0 atom stereocenters. The van der Waals surface area contributed by atoms with Crippen molar-refractivity contribution in [1.82, 2.24) is 0 Å². The van der Waals surface area contributed by atoms with Crippen LogP contribution in [0.4, 0.5) is 0 Å². The monoisotopic (exact) mass is 279 g/mol. The second-order valence-corrected chi connectivity index (χ2v) is 5.16. The molecule has 1 aliphatic rings. The Labute approximate surface area is 104 Å². The average molecular weight is 280 g/mol. The highest BCUT2D eigenvalue weighted by atomic mass is 79.9. The minimum absolute atomic E-state index is 0.270. The van der Waals surface area contributed by atoms with Crippen molar-refractivity contribution < 1.29 is 4.79 Å². The zero-order chi connectivity index (χ0) is 11.6. The van der Waals surface area contributed by atoms with Gasteiger partial charge in [-0.05, 0) is 48.9 Å². The Bertz CT molecular complexity index is 445. The maximum atomic E-state index is 10.6. The van der Waals surface area contributed by atoms with Gasteiger partial charge in [0.25, 0.3) is 0 Å². The van der Waals surface area contributed by atoms with E-state index in [0.29, 0.717) is 0 Å². The Kier molecular flexibility index (Phi) is 3.27. The third kappa shape index (κ3) is 1.85. The molecule has 0 N–H and O–H groups in total. The molecule has 16 heavy (non-hydrogen) atoms. The van der Waals surface area contributed by atoms with Gasteiger partial charge < -0.3 is 0 Å². The molecule has 0 unspecified atom stereocenters. The molecule has 0 spiro atoms. The third-order valence-corrected chi connectivity index (χ3v) is 3.88. The van der Waals surface area contributed by atoms with Gasteiger partial charge in [0.05, 0.1) is 5.54 Å². The molecule has 0 heterocycles. The highest BCUT2D eigenvalue weighted by Crippen LogP contribution is 2.46. The standard InChI is InChI=1S/C13H14BrNO/c1-2-10-8-11(14)4-5-12(10)13(15-9-16)6-3-7-13/h4-5,8H,2-3,6-7H2,1H3. The SMILES string of the molecule is CCc1cc(Br)ccc1C1(N=C=O)CCC1. The molecule has 0 bridgehead atoms. The van der Waals surface area contributed by atoms with Crippen LogP contribution in [0.1, 0.15) is 37.3 Å². The summed E-state index contributed by atoms with van der Waals surface area (Å²) >= 11 is 3.47. The minimum atomic E-state index is -0.270. The topological polar surface area (TPSA) is 29.4 Å². The van der Waals surface area contributed by atoms with Crippen molar-refractivity contribution in [2.24, 2.45) is 4.99 Å². The fourth-order valence-electron chi connectivity index (χ4n) is 2.35. The van der Waals surface area contributed by atoms with Gasteiger partial charge in [-0.25, -0.2) is 4.79 Å². The fourth-order valence-corrected chi connectivity index (χ4v) is 2.76. The molecule has 2 rings (SSSR count). The second kappa shape index (κ2) is 4.52. The molecular weight excluding hydrogens is 266 g/mol. The summed E-state index contributed by atoms with van der Waals surface area (Å²) in [5, 5.41) is 0. The van der Waals surface area contributed by atoms with Crippen LogP contribution in [0, 0.1) is 0 Å². The first-order valence-electron chi connectivity index (χ1n) is 5.60. The molecule has 84 valence electrons. The van der Waals surface area contributed by atoms with E-state index < -0.39 is 0 Å². The van der Waals surface area contributed by atoms with Gasteiger partial charge in [0.2, 0.25) is 6.08 Å². The van der Waals surface area contributed by atoms with E-state index in [-0.39, 0.29) is 5.54 Å². The number of nitrogens with zero attached hydrogens (tertiary/aromatic N) is 1. The molecule has 0 aromatic heterocycles. The van der Waals surface area contributed by atoms with Crippen molar-refractivity contribution in [2.45, 2.75) is 38.1 Å². The molecule has 1 aliphatic carbocycles. The molecular formula is C13H14BrNO. The maximum Gasteiger partial charge on any atom is 0.235 e. The van der Waals surface area contributed by atoms with Crippen molar-refractivity contribution in [3.05, 3.63) is 33.8 Å². The van der Waals surface area contributed by atoms with Crippen molar-refractivity contribution in [1.29, 1.82) is 0 Å². The van der Waals surface area contributed by atoms with Crippen molar-refractivity contribution in [2.75, 3.05) is 0 Å². The van der Waals surface area contributed by atoms with Gasteiger partial charge in [-0.2, -0.15) is 4.99 Å². The van der Waals surface area contributed by atoms with Crippen LogP contribution in [-0.4, -0.2) is 6.08 Å². The Morgan fingerprint density at radius 2 is 2.25 bits per heavy atom. The van der Waals surface area contributed by atoms with Gasteiger partial charge in [0.15, 0.2) is 0 Å². The van der Waals surface area contributed by atoms with E-state index in [0.717, 1.165) is 30.2 Å². The summed E-state index contributed by atoms with van der Waals surface area (Å²) in [5.74, 6) is 0. The van der Waals surface area contributed by atoms with Gasteiger partial charge in [-0.1, -0.05) is 28.9 Å². The predicted octanol–water partition coefficient (Wildman–Crippen LogP) is 3.73. The largest absolute Gasteiger partial charge is 0.235 e. The summed E-state index contributed by atoms with van der Waals surface area (Å²) in [7, 11) is 0. The lowest BCUT2D eigenvalue weighted by atomic mass is 9.70. The van der Waals surface area contributed by atoms with Crippen LogP contribution in [0.2, 0.25) is 0 Å². The van der Waals surface area contributed by atoms with Crippen LogP contribution in [0.15, 0.2) is 27.7 Å². The number of isocyanates is 1. The number of hydrogen-bond acceptors (Lipinski definition) is 2. The molecule has 0 aliphatic heterocycles. The van der Waals surface area contributed by atoms with Gasteiger partial charge in [-0.15, -0.1) is 0 Å². The molecule has 0 radical (unpaired) electrons. The quantitative estimate of drug-likeness (QED) is 0.612. The molecule has 0 saturated heterocycles. The first-order valence-corrected chi connectivity index (χ1v) is 6.39. The lowest BCUT2D eigenvalue weighted by Crippen LogP contribution is -2.33. The van der Waals surface area contributed by atoms with E-state index in [1.807, 2.05) is 6.07 Å². The number of benzene rings is 1. The van der Waals surface area contributed by atoms with Crippen LogP contribution in [0.3, 0.4) is 0 Å². The lowest BCUT2D eigenvalue weighted by molar-refractivity contribution is 0.254. The van der Waals surface area contributed by atoms with Crippen LogP contribution in [-0.2, 0) is 16.8 Å². The van der Waals surface area contributed by atoms with Crippen LogP contribution < -0.4 is 0 Å². The summed E-state index contributed by atoms with van der Waals surface area (Å²) in [6, 6.07) is 6.23. The van der Waals surface area contributed by atoms with Gasteiger partial charge >= 0.3 is 0 Å². The van der Waals surface area contributed by atoms with Gasteiger partial charge in [0, 0.05) is 4.47 Å². The average Bonchev–Trinajstić information content (AvgIpc) is 2.24. The normalized spacial score (nSPS) is 17.4. The number of rotatable bonds is 3. The van der Waals surface area contributed by atoms with Crippen LogP contribution in [0.25, 0.3) is 0 Å². The summed E-state index contributed by atoms with van der Waals surface area (Å²) in [6.07, 6.45) is 5.78. The second-order valence-electron chi connectivity index (χ2n) is 4.24. The first kappa shape index (κ1) is 11.6. The molecule has 2 nitrogen and oxygen atoms in total. The summed E-state index contributed by atoms with van der Waals surface area (Å²) < 4.78 is 1.08. The van der Waals surface area contributed by atoms with Crippen LogP contribution in [0.5, 0.6) is 0 Å². The van der Waals surface area contributed by atoms with Gasteiger partial charge in [0.1, 0.15) is 0 Å². The van der Waals surface area contributed by atoms with E-state index >= 15 is 0 Å². The van der Waals surface area contributed by atoms with Crippen molar-refractivity contribution in [3.8, 4) is 0 Å². The zero-order valence-electron chi connectivity index (χ0n) is 9.29. The predicted molar refractivity (Wildman–Crippen MR) is 67.2 cm³/mol. The zero-order valence-corrected chi connectivity index (χ0v) is 10.9. The molecule has 3 heteroatoms. The number of carbonyl (C=O) groups excluding carboxylic acids is 1. The van der Waals surface area contributed by atoms with E-state index in [4.69, 9.17) is 0 Å². The van der Waals surface area contributed by atoms with Crippen LogP contribution >= 0.6 is 15.9 Å². The number of hydrogen-bond donors (Lipinski definition) is 0. The minimum Gasteiger partial charge on any atom is -0.211 e. The molecule has 0 amide bonds. The van der Waals surface area contributed by atoms with Crippen molar-refractivity contribution in [3.63, 3.8) is 0 Å². The van der Waals surface area contributed by atoms with E-state index in [2.05, 4.69) is 40.0 Å². The molecule has 1 fully saturated rings. The van der Waals surface area contributed by atoms with E-state index in [1.54, 1.807) is 6.08 Å². The summed E-state index contributed by atoms with van der Waals surface area (Å²) in [6.45, 7) is 2.13.